The predicted octanol–water partition coefficient (Wildman–Crippen LogP) is 2.24. The Labute approximate surface area is 114 Å². The van der Waals surface area contributed by atoms with Gasteiger partial charge in [0.1, 0.15) is 5.82 Å². The van der Waals surface area contributed by atoms with E-state index in [2.05, 4.69) is 23.6 Å². The molecule has 4 heteroatoms. The Kier molecular flexibility index (Phi) is 4.77. The van der Waals surface area contributed by atoms with Gasteiger partial charge in [0.2, 0.25) is 0 Å². The molecule has 0 radical (unpaired) electrons. The first-order chi connectivity index (χ1) is 9.17. The Hall–Kier alpha value is -1.13. The van der Waals surface area contributed by atoms with Gasteiger partial charge < -0.3 is 10.0 Å². The van der Waals surface area contributed by atoms with Crippen LogP contribution in [0.4, 0.5) is 10.1 Å². The molecule has 0 bridgehead atoms. The number of halogens is 1. The van der Waals surface area contributed by atoms with Crippen molar-refractivity contribution >= 4 is 5.69 Å². The Morgan fingerprint density at radius 3 is 2.53 bits per heavy atom. The van der Waals surface area contributed by atoms with Crippen LogP contribution >= 0.6 is 0 Å². The molecular weight excluding hydrogens is 243 g/mol. The number of aliphatic hydroxyl groups is 1. The van der Waals surface area contributed by atoms with E-state index in [1.54, 1.807) is 12.1 Å². The fourth-order valence-corrected chi connectivity index (χ4v) is 2.69. The summed E-state index contributed by atoms with van der Waals surface area (Å²) in [5, 5.41) is 9.35. The van der Waals surface area contributed by atoms with Gasteiger partial charge in [-0.3, -0.25) is 4.90 Å². The van der Waals surface area contributed by atoms with Crippen molar-refractivity contribution in [3.63, 3.8) is 0 Å². The van der Waals surface area contributed by atoms with Crippen molar-refractivity contribution in [2.75, 3.05) is 31.1 Å². The third-order valence-electron chi connectivity index (χ3n) is 4.09. The molecule has 0 aliphatic carbocycles. The summed E-state index contributed by atoms with van der Waals surface area (Å²) < 4.78 is 14.0. The molecule has 1 fully saturated rings. The molecule has 1 unspecified atom stereocenters. The van der Waals surface area contributed by atoms with Gasteiger partial charge in [-0.25, -0.2) is 4.39 Å². The summed E-state index contributed by atoms with van der Waals surface area (Å²) in [6, 6.07) is 5.49. The average molecular weight is 266 g/mol. The first-order valence-electron chi connectivity index (χ1n) is 7.04. The van der Waals surface area contributed by atoms with Crippen molar-refractivity contribution in [3.05, 3.63) is 29.6 Å². The largest absolute Gasteiger partial charge is 0.392 e. The van der Waals surface area contributed by atoms with Gasteiger partial charge in [0.05, 0.1) is 12.3 Å². The quantitative estimate of drug-likeness (QED) is 0.905. The molecule has 1 N–H and O–H groups in total. The van der Waals surface area contributed by atoms with Crippen molar-refractivity contribution in [3.8, 4) is 0 Å². The minimum Gasteiger partial charge on any atom is -0.392 e. The third-order valence-corrected chi connectivity index (χ3v) is 4.09. The van der Waals surface area contributed by atoms with E-state index < -0.39 is 0 Å². The van der Waals surface area contributed by atoms with E-state index in [-0.39, 0.29) is 12.4 Å². The van der Waals surface area contributed by atoms with E-state index in [1.807, 2.05) is 0 Å². The summed E-state index contributed by atoms with van der Waals surface area (Å²) in [7, 11) is 0. The maximum Gasteiger partial charge on any atom is 0.146 e. The first-order valence-corrected chi connectivity index (χ1v) is 7.04. The molecule has 1 aromatic carbocycles. The molecular formula is C15H23FN2O. The van der Waals surface area contributed by atoms with Crippen LogP contribution in [0.2, 0.25) is 0 Å². The van der Waals surface area contributed by atoms with Crippen LogP contribution in [0.3, 0.4) is 0 Å². The normalized spacial score (nSPS) is 18.6. The van der Waals surface area contributed by atoms with Crippen molar-refractivity contribution in [2.45, 2.75) is 32.9 Å². The molecule has 1 aromatic rings. The standard InChI is InChI=1S/C15H23FN2O/c1-3-12(2)17-7-9-18(10-8-17)15-13(11-19)5-4-6-14(15)16/h4-6,12,19H,3,7-11H2,1-2H3. The number of nitrogens with zero attached hydrogens (tertiary/aromatic N) is 2. The topological polar surface area (TPSA) is 26.7 Å². The Morgan fingerprint density at radius 2 is 1.95 bits per heavy atom. The van der Waals surface area contributed by atoms with E-state index in [9.17, 15) is 9.50 Å². The van der Waals surface area contributed by atoms with Crippen LogP contribution in [0, 0.1) is 5.82 Å². The summed E-state index contributed by atoms with van der Waals surface area (Å²) in [5.41, 5.74) is 1.26. The van der Waals surface area contributed by atoms with Gasteiger partial charge in [-0.05, 0) is 19.4 Å². The lowest BCUT2D eigenvalue weighted by Crippen LogP contribution is -2.50. The number of hydrogen-bond acceptors (Lipinski definition) is 3. The van der Waals surface area contributed by atoms with Crippen molar-refractivity contribution in [1.82, 2.24) is 4.90 Å². The lowest BCUT2D eigenvalue weighted by molar-refractivity contribution is 0.192. The Balaban J connectivity index is 2.09. The molecule has 0 aromatic heterocycles. The second kappa shape index (κ2) is 6.35. The number of rotatable bonds is 4. The van der Waals surface area contributed by atoms with Crippen LogP contribution in [-0.2, 0) is 6.61 Å². The van der Waals surface area contributed by atoms with Crippen molar-refractivity contribution in [2.24, 2.45) is 0 Å². The number of anilines is 1. The van der Waals surface area contributed by atoms with Crippen LogP contribution in [0.15, 0.2) is 18.2 Å². The number of aliphatic hydroxyl groups excluding tert-OH is 1. The minimum atomic E-state index is -0.233. The zero-order valence-electron chi connectivity index (χ0n) is 11.8. The van der Waals surface area contributed by atoms with Crippen LogP contribution in [0.25, 0.3) is 0 Å². The molecule has 1 aliphatic heterocycles. The lowest BCUT2D eigenvalue weighted by Gasteiger charge is -2.39. The fraction of sp³-hybridized carbons (Fsp3) is 0.600. The van der Waals surface area contributed by atoms with Crippen molar-refractivity contribution < 1.29 is 9.50 Å². The van der Waals surface area contributed by atoms with Crippen LogP contribution in [0.5, 0.6) is 0 Å². The van der Waals surface area contributed by atoms with Gasteiger partial charge in [0, 0.05) is 37.8 Å². The van der Waals surface area contributed by atoms with Crippen LogP contribution in [-0.4, -0.2) is 42.2 Å². The monoisotopic (exact) mass is 266 g/mol. The maximum atomic E-state index is 14.0. The molecule has 0 spiro atoms. The van der Waals surface area contributed by atoms with Gasteiger partial charge in [0.15, 0.2) is 0 Å². The van der Waals surface area contributed by atoms with E-state index in [0.29, 0.717) is 17.3 Å². The van der Waals surface area contributed by atoms with E-state index >= 15 is 0 Å². The second-order valence-corrected chi connectivity index (χ2v) is 5.19. The molecule has 1 heterocycles. The van der Waals surface area contributed by atoms with Gasteiger partial charge in [-0.2, -0.15) is 0 Å². The molecule has 1 aliphatic rings. The van der Waals surface area contributed by atoms with Crippen molar-refractivity contribution in [1.29, 1.82) is 0 Å². The van der Waals surface area contributed by atoms with E-state index in [4.69, 9.17) is 0 Å². The van der Waals surface area contributed by atoms with Crippen LogP contribution in [0.1, 0.15) is 25.8 Å². The third kappa shape index (κ3) is 3.07. The predicted molar refractivity (Wildman–Crippen MR) is 75.9 cm³/mol. The highest BCUT2D eigenvalue weighted by Gasteiger charge is 2.23. The number of hydrogen-bond donors (Lipinski definition) is 1. The number of piperazine rings is 1. The molecule has 0 saturated carbocycles. The SMILES string of the molecule is CCC(C)N1CCN(c2c(F)cccc2CO)CC1. The minimum absolute atomic E-state index is 0.112. The molecule has 2 rings (SSSR count). The number of benzene rings is 1. The molecule has 3 nitrogen and oxygen atoms in total. The van der Waals surface area contributed by atoms with Gasteiger partial charge >= 0.3 is 0 Å². The summed E-state index contributed by atoms with van der Waals surface area (Å²) in [6.07, 6.45) is 1.14. The maximum absolute atomic E-state index is 14.0. The van der Waals surface area contributed by atoms with Gasteiger partial charge in [-0.1, -0.05) is 19.1 Å². The second-order valence-electron chi connectivity index (χ2n) is 5.19. The highest BCUT2D eigenvalue weighted by Crippen LogP contribution is 2.26. The van der Waals surface area contributed by atoms with Gasteiger partial charge in [-0.15, -0.1) is 0 Å². The van der Waals surface area contributed by atoms with Crippen LogP contribution < -0.4 is 4.90 Å². The first kappa shape index (κ1) is 14.3. The number of para-hydroxylation sites is 1. The summed E-state index contributed by atoms with van der Waals surface area (Å²) >= 11 is 0. The molecule has 0 amide bonds. The lowest BCUT2D eigenvalue weighted by atomic mass is 10.1. The molecule has 1 atom stereocenters. The smallest absolute Gasteiger partial charge is 0.146 e. The summed E-state index contributed by atoms with van der Waals surface area (Å²) in [6.45, 7) is 7.85. The molecule has 19 heavy (non-hydrogen) atoms. The molecule has 1 saturated heterocycles. The highest BCUT2D eigenvalue weighted by atomic mass is 19.1. The summed E-state index contributed by atoms with van der Waals surface area (Å²) in [4.78, 5) is 4.50. The Morgan fingerprint density at radius 1 is 1.26 bits per heavy atom. The average Bonchev–Trinajstić information content (AvgIpc) is 2.46. The zero-order valence-corrected chi connectivity index (χ0v) is 11.8. The van der Waals surface area contributed by atoms with E-state index in [1.165, 1.54) is 6.07 Å². The molecule has 106 valence electrons. The highest BCUT2D eigenvalue weighted by molar-refractivity contribution is 5.55. The van der Waals surface area contributed by atoms with E-state index in [0.717, 1.165) is 32.6 Å². The van der Waals surface area contributed by atoms with Gasteiger partial charge in [0.25, 0.3) is 0 Å². The zero-order chi connectivity index (χ0) is 13.8. The summed E-state index contributed by atoms with van der Waals surface area (Å²) in [5.74, 6) is -0.233. The fourth-order valence-electron chi connectivity index (χ4n) is 2.69. The Bertz CT molecular complexity index is 417.